The molecule has 262 valence electrons. The van der Waals surface area contributed by atoms with Crippen molar-refractivity contribution in [2.75, 3.05) is 5.75 Å². The van der Waals surface area contributed by atoms with E-state index in [2.05, 4.69) is 10.3 Å². The average molecular weight is 700 g/mol. The minimum atomic E-state index is -1.03. The van der Waals surface area contributed by atoms with Crippen molar-refractivity contribution in [2.24, 2.45) is 0 Å². The molecule has 1 aliphatic rings. The molecule has 1 fully saturated rings. The fourth-order valence-corrected chi connectivity index (χ4v) is 6.73. The molecule has 11 nitrogen and oxygen atoms in total. The topological polar surface area (TPSA) is 167 Å². The van der Waals surface area contributed by atoms with Gasteiger partial charge < -0.3 is 25.0 Å². The number of hydrogen-bond acceptors (Lipinski definition) is 9. The summed E-state index contributed by atoms with van der Waals surface area (Å²) in [5.41, 5.74) is 7.27. The Balaban J connectivity index is 1.26. The summed E-state index contributed by atoms with van der Waals surface area (Å²) in [4.78, 5) is 39.7. The first-order valence-corrected chi connectivity index (χ1v) is 17.5. The molecule has 2 amide bonds. The Bertz CT molecular complexity index is 1740. The van der Waals surface area contributed by atoms with Crippen molar-refractivity contribution in [3.05, 3.63) is 119 Å². The van der Waals surface area contributed by atoms with Gasteiger partial charge in [0.2, 0.25) is 11.8 Å². The molecule has 2 heterocycles. The predicted molar refractivity (Wildman–Crippen MR) is 187 cm³/mol. The summed E-state index contributed by atoms with van der Waals surface area (Å²) in [5, 5.41) is 31.1. The highest BCUT2D eigenvalue weighted by Gasteiger charge is 2.32. The number of thioether (sulfide) groups is 1. The summed E-state index contributed by atoms with van der Waals surface area (Å²) in [6.07, 6.45) is 3.44. The average Bonchev–Trinajstić information content (AvgIpc) is 3.16. The SMILES string of the molecule is O=C(CCCCCC(=O)NCc1ccccc1-c1ccc([C@@H]2O[C@H](CSc3ncccc3C(=O)O)C[C@H](c3ccc(CO)cc3)O2)cc1)NO. The van der Waals surface area contributed by atoms with Crippen LogP contribution in [0.4, 0.5) is 0 Å². The number of carbonyl (C=O) groups excluding carboxylic acids is 2. The monoisotopic (exact) mass is 699 g/mol. The van der Waals surface area contributed by atoms with Crippen LogP contribution in [0.3, 0.4) is 0 Å². The Morgan fingerprint density at radius 2 is 1.56 bits per heavy atom. The number of aromatic nitrogens is 1. The minimum absolute atomic E-state index is 0.0519. The molecule has 0 saturated carbocycles. The van der Waals surface area contributed by atoms with E-state index >= 15 is 0 Å². The van der Waals surface area contributed by atoms with Crippen LogP contribution in [0.1, 0.15) is 83.5 Å². The highest BCUT2D eigenvalue weighted by molar-refractivity contribution is 7.99. The number of carbonyl (C=O) groups is 3. The number of hydroxylamine groups is 1. The van der Waals surface area contributed by atoms with E-state index in [1.807, 2.05) is 72.8 Å². The lowest BCUT2D eigenvalue weighted by atomic mass is 9.97. The smallest absolute Gasteiger partial charge is 0.338 e. The van der Waals surface area contributed by atoms with Crippen LogP contribution in [0.5, 0.6) is 0 Å². The molecule has 0 bridgehead atoms. The fourth-order valence-electron chi connectivity index (χ4n) is 5.73. The summed E-state index contributed by atoms with van der Waals surface area (Å²) in [6, 6.07) is 26.6. The molecule has 50 heavy (non-hydrogen) atoms. The number of rotatable bonds is 16. The summed E-state index contributed by atoms with van der Waals surface area (Å²) in [7, 11) is 0. The molecule has 1 aromatic heterocycles. The van der Waals surface area contributed by atoms with Gasteiger partial charge in [0.25, 0.3) is 0 Å². The zero-order valence-electron chi connectivity index (χ0n) is 27.5. The van der Waals surface area contributed by atoms with Crippen LogP contribution in [0.2, 0.25) is 0 Å². The molecular weight excluding hydrogens is 658 g/mol. The number of ether oxygens (including phenoxy) is 2. The number of hydrogen-bond donors (Lipinski definition) is 5. The van der Waals surface area contributed by atoms with E-state index in [9.17, 15) is 24.6 Å². The van der Waals surface area contributed by atoms with Crippen molar-refractivity contribution in [1.29, 1.82) is 0 Å². The van der Waals surface area contributed by atoms with Gasteiger partial charge in [-0.25, -0.2) is 15.3 Å². The van der Waals surface area contributed by atoms with Crippen LogP contribution >= 0.6 is 11.8 Å². The lowest BCUT2D eigenvalue weighted by Gasteiger charge is -2.36. The van der Waals surface area contributed by atoms with Gasteiger partial charge in [-0.1, -0.05) is 79.2 Å². The number of benzene rings is 3. The van der Waals surface area contributed by atoms with Crippen LogP contribution in [-0.4, -0.2) is 50.0 Å². The number of pyridine rings is 1. The van der Waals surface area contributed by atoms with Gasteiger partial charge in [0.1, 0.15) is 5.03 Å². The molecule has 5 N–H and O–H groups in total. The normalized spacial score (nSPS) is 17.2. The minimum Gasteiger partial charge on any atom is -0.478 e. The van der Waals surface area contributed by atoms with Gasteiger partial charge in [-0.05, 0) is 52.8 Å². The van der Waals surface area contributed by atoms with Crippen LogP contribution in [0, 0.1) is 0 Å². The third kappa shape index (κ3) is 10.2. The highest BCUT2D eigenvalue weighted by Crippen LogP contribution is 2.40. The van der Waals surface area contributed by atoms with E-state index in [4.69, 9.17) is 14.7 Å². The molecule has 1 saturated heterocycles. The van der Waals surface area contributed by atoms with E-state index in [0.29, 0.717) is 49.4 Å². The van der Waals surface area contributed by atoms with Gasteiger partial charge in [0.15, 0.2) is 6.29 Å². The Kier molecular flexibility index (Phi) is 13.5. The van der Waals surface area contributed by atoms with Gasteiger partial charge in [-0.2, -0.15) is 0 Å². The second-order valence-corrected chi connectivity index (χ2v) is 13.0. The number of aliphatic hydroxyl groups is 1. The van der Waals surface area contributed by atoms with Crippen LogP contribution in [0.25, 0.3) is 11.1 Å². The van der Waals surface area contributed by atoms with Gasteiger partial charge in [0.05, 0.1) is 24.4 Å². The number of carboxylic acids is 1. The van der Waals surface area contributed by atoms with Gasteiger partial charge in [-0.15, -0.1) is 11.8 Å². The quantitative estimate of drug-likeness (QED) is 0.0385. The van der Waals surface area contributed by atoms with E-state index in [1.165, 1.54) is 17.8 Å². The summed E-state index contributed by atoms with van der Waals surface area (Å²) >= 11 is 1.34. The molecule has 1 aliphatic heterocycles. The maximum absolute atomic E-state index is 12.5. The Morgan fingerprint density at radius 1 is 0.840 bits per heavy atom. The van der Waals surface area contributed by atoms with E-state index < -0.39 is 18.2 Å². The molecule has 0 radical (unpaired) electrons. The van der Waals surface area contributed by atoms with E-state index in [-0.39, 0.29) is 36.7 Å². The molecule has 4 aromatic rings. The van der Waals surface area contributed by atoms with Crippen molar-refractivity contribution >= 4 is 29.5 Å². The van der Waals surface area contributed by atoms with Gasteiger partial charge >= 0.3 is 5.97 Å². The largest absolute Gasteiger partial charge is 0.478 e. The third-order valence-electron chi connectivity index (χ3n) is 8.44. The molecule has 0 aliphatic carbocycles. The summed E-state index contributed by atoms with van der Waals surface area (Å²) in [6.45, 7) is 0.318. The Morgan fingerprint density at radius 3 is 2.28 bits per heavy atom. The second-order valence-electron chi connectivity index (χ2n) is 12.0. The van der Waals surface area contributed by atoms with Crippen LogP contribution in [-0.2, 0) is 32.2 Å². The standard InChI is InChI=1S/C38H41N3O8S/c42-23-25-12-14-27(15-13-25)33-21-30(24-50-36-32(37(45)46)9-6-20-39-36)48-38(49-33)28-18-16-26(17-19-28)31-8-5-4-7-29(31)22-40-34(43)10-2-1-3-11-35(44)41-47/h4-9,12-20,30,33,38,42,47H,1-3,10-11,21-24H2,(H,40,43)(H,41,44)(H,45,46)/t30-,33+,38+/m0/s1. The molecule has 3 aromatic carbocycles. The summed E-state index contributed by atoms with van der Waals surface area (Å²) in [5.74, 6) is -1.05. The molecule has 12 heteroatoms. The first-order chi connectivity index (χ1) is 24.3. The van der Waals surface area contributed by atoms with Crippen molar-refractivity contribution in [3.63, 3.8) is 0 Å². The number of aliphatic hydroxyl groups excluding tert-OH is 1. The highest BCUT2D eigenvalue weighted by atomic mass is 32.2. The molecule has 3 atom stereocenters. The molecule has 0 spiro atoms. The number of unbranched alkanes of at least 4 members (excludes halogenated alkanes) is 2. The Labute approximate surface area is 295 Å². The van der Waals surface area contributed by atoms with Crippen molar-refractivity contribution in [1.82, 2.24) is 15.8 Å². The fraction of sp³-hybridized carbons (Fsp3) is 0.316. The molecular formula is C38H41N3O8S. The molecule has 0 unspecified atom stereocenters. The van der Waals surface area contributed by atoms with Crippen molar-refractivity contribution in [3.8, 4) is 11.1 Å². The second kappa shape index (κ2) is 18.4. The third-order valence-corrected chi connectivity index (χ3v) is 9.58. The van der Waals surface area contributed by atoms with Gasteiger partial charge in [0, 0.05) is 43.3 Å². The number of aromatic carboxylic acids is 1. The Hall–Kier alpha value is -4.59. The van der Waals surface area contributed by atoms with Crippen LogP contribution < -0.4 is 10.8 Å². The zero-order chi connectivity index (χ0) is 35.3. The number of nitrogens with zero attached hydrogens (tertiary/aromatic N) is 1. The summed E-state index contributed by atoms with van der Waals surface area (Å²) < 4.78 is 12.9. The van der Waals surface area contributed by atoms with Gasteiger partial charge in [-0.3, -0.25) is 14.8 Å². The number of carboxylic acid groups (broad SMARTS) is 1. The van der Waals surface area contributed by atoms with Crippen molar-refractivity contribution < 1.29 is 39.3 Å². The van der Waals surface area contributed by atoms with E-state index in [0.717, 1.165) is 33.4 Å². The maximum atomic E-state index is 12.5. The van der Waals surface area contributed by atoms with Crippen molar-refractivity contribution in [2.45, 2.75) is 75.2 Å². The first kappa shape index (κ1) is 36.7. The first-order valence-electron chi connectivity index (χ1n) is 16.5. The lowest BCUT2D eigenvalue weighted by molar-refractivity contribution is -0.245. The lowest BCUT2D eigenvalue weighted by Crippen LogP contribution is -2.31. The zero-order valence-corrected chi connectivity index (χ0v) is 28.3. The van der Waals surface area contributed by atoms with Crippen LogP contribution in [0.15, 0.2) is 96.2 Å². The predicted octanol–water partition coefficient (Wildman–Crippen LogP) is 6.35. The number of amides is 2. The van der Waals surface area contributed by atoms with E-state index in [1.54, 1.807) is 17.7 Å². The number of nitrogens with one attached hydrogen (secondary N) is 2. The molecule has 5 rings (SSSR count). The maximum Gasteiger partial charge on any atom is 0.338 e.